The van der Waals surface area contributed by atoms with Crippen molar-refractivity contribution < 1.29 is 13.6 Å². The van der Waals surface area contributed by atoms with Gasteiger partial charge in [0.15, 0.2) is 5.13 Å². The van der Waals surface area contributed by atoms with Crippen LogP contribution in [0.25, 0.3) is 0 Å². The first-order chi connectivity index (χ1) is 11.9. The zero-order valence-electron chi connectivity index (χ0n) is 13.9. The van der Waals surface area contributed by atoms with E-state index in [2.05, 4.69) is 27.0 Å². The number of hydrogen-bond donors (Lipinski definition) is 1. The van der Waals surface area contributed by atoms with Crippen molar-refractivity contribution in [3.63, 3.8) is 0 Å². The predicted molar refractivity (Wildman–Crippen MR) is 93.6 cm³/mol. The molecule has 0 aliphatic carbocycles. The third kappa shape index (κ3) is 4.15. The lowest BCUT2D eigenvalue weighted by molar-refractivity contribution is -0.116. The van der Waals surface area contributed by atoms with Gasteiger partial charge in [0.2, 0.25) is 0 Å². The molecule has 0 saturated carbocycles. The van der Waals surface area contributed by atoms with E-state index < -0.39 is 17.5 Å². The van der Waals surface area contributed by atoms with Crippen molar-refractivity contribution in [2.45, 2.75) is 26.3 Å². The highest BCUT2D eigenvalue weighted by atomic mass is 32.1. The van der Waals surface area contributed by atoms with Crippen LogP contribution in [0.5, 0.6) is 0 Å². The minimum Gasteiger partial charge on any atom is -0.346 e. The maximum atomic E-state index is 13.5. The summed E-state index contributed by atoms with van der Waals surface area (Å²) in [6.45, 7) is 5.51. The molecule has 2 aromatic rings. The van der Waals surface area contributed by atoms with Crippen molar-refractivity contribution in [2.75, 3.05) is 18.0 Å². The van der Waals surface area contributed by atoms with Crippen LogP contribution in [0, 0.1) is 37.3 Å². The SMILES string of the molecule is Cc1nc(N2CCC(NC(=O)C#Cc3ccc(F)cc3F)C2)sc1C. The molecule has 1 aliphatic rings. The number of thiazole rings is 1. The lowest BCUT2D eigenvalue weighted by atomic mass is 10.2. The van der Waals surface area contributed by atoms with Gasteiger partial charge in [-0.15, -0.1) is 11.3 Å². The molecule has 4 nitrogen and oxygen atoms in total. The molecule has 0 radical (unpaired) electrons. The number of hydrogen-bond acceptors (Lipinski definition) is 4. The summed E-state index contributed by atoms with van der Waals surface area (Å²) >= 11 is 1.64. The molecule has 3 rings (SSSR count). The summed E-state index contributed by atoms with van der Waals surface area (Å²) in [6, 6.07) is 3.05. The Morgan fingerprint density at radius 1 is 1.40 bits per heavy atom. The zero-order valence-corrected chi connectivity index (χ0v) is 14.7. The van der Waals surface area contributed by atoms with Crippen LogP contribution < -0.4 is 10.2 Å². The van der Waals surface area contributed by atoms with E-state index in [0.29, 0.717) is 6.54 Å². The van der Waals surface area contributed by atoms with Gasteiger partial charge in [-0.2, -0.15) is 0 Å². The van der Waals surface area contributed by atoms with Gasteiger partial charge in [-0.25, -0.2) is 13.8 Å². The van der Waals surface area contributed by atoms with Crippen LogP contribution in [0.1, 0.15) is 22.6 Å². The highest BCUT2D eigenvalue weighted by Crippen LogP contribution is 2.27. The Morgan fingerprint density at radius 3 is 2.88 bits per heavy atom. The number of halogens is 2. The lowest BCUT2D eigenvalue weighted by Gasteiger charge is -2.14. The number of nitrogens with zero attached hydrogens (tertiary/aromatic N) is 2. The fourth-order valence-electron chi connectivity index (χ4n) is 2.58. The van der Waals surface area contributed by atoms with Gasteiger partial charge < -0.3 is 10.2 Å². The molecule has 1 N–H and O–H groups in total. The highest BCUT2D eigenvalue weighted by molar-refractivity contribution is 7.15. The van der Waals surface area contributed by atoms with Gasteiger partial charge in [-0.05, 0) is 32.4 Å². The topological polar surface area (TPSA) is 45.2 Å². The van der Waals surface area contributed by atoms with Gasteiger partial charge in [0.05, 0.1) is 11.3 Å². The average molecular weight is 361 g/mol. The second kappa shape index (κ2) is 7.19. The van der Waals surface area contributed by atoms with Crippen molar-refractivity contribution in [3.8, 4) is 11.8 Å². The summed E-state index contributed by atoms with van der Waals surface area (Å²) in [6.07, 6.45) is 0.802. The van der Waals surface area contributed by atoms with Crippen molar-refractivity contribution in [3.05, 3.63) is 46.0 Å². The van der Waals surface area contributed by atoms with Crippen LogP contribution in [-0.2, 0) is 4.79 Å². The second-order valence-electron chi connectivity index (χ2n) is 5.92. The Balaban J connectivity index is 1.58. The van der Waals surface area contributed by atoms with Crippen molar-refractivity contribution >= 4 is 22.4 Å². The maximum Gasteiger partial charge on any atom is 0.296 e. The first-order valence-electron chi connectivity index (χ1n) is 7.89. The van der Waals surface area contributed by atoms with Gasteiger partial charge in [-0.1, -0.05) is 5.92 Å². The maximum absolute atomic E-state index is 13.5. The van der Waals surface area contributed by atoms with Crippen LogP contribution in [0.2, 0.25) is 0 Å². The average Bonchev–Trinajstić information content (AvgIpc) is 3.14. The summed E-state index contributed by atoms with van der Waals surface area (Å²) in [4.78, 5) is 19.8. The van der Waals surface area contributed by atoms with Crippen molar-refractivity contribution in [2.24, 2.45) is 0 Å². The summed E-state index contributed by atoms with van der Waals surface area (Å²) in [7, 11) is 0. The normalized spacial score (nSPS) is 16.5. The molecule has 1 fully saturated rings. The number of anilines is 1. The molecule has 0 spiro atoms. The van der Waals surface area contributed by atoms with Gasteiger partial charge in [0.1, 0.15) is 11.6 Å². The Kier molecular flexibility index (Phi) is 5.00. The standard InChI is InChI=1S/C18H17F2N3OS/c1-11-12(2)25-18(21-11)23-8-7-15(10-23)22-17(24)6-4-13-3-5-14(19)9-16(13)20/h3,5,9,15H,7-8,10H2,1-2H3,(H,22,24). The molecule has 130 valence electrons. The zero-order chi connectivity index (χ0) is 18.0. The first kappa shape index (κ1) is 17.4. The minimum atomic E-state index is -0.776. The Hall–Kier alpha value is -2.46. The Bertz CT molecular complexity index is 849. The molecule has 1 atom stereocenters. The molecule has 1 saturated heterocycles. The van der Waals surface area contributed by atoms with Crippen LogP contribution >= 0.6 is 11.3 Å². The largest absolute Gasteiger partial charge is 0.346 e. The summed E-state index contributed by atoms with van der Waals surface area (Å²) in [5.74, 6) is 2.88. The Morgan fingerprint density at radius 2 is 2.20 bits per heavy atom. The number of carbonyl (C=O) groups is 1. The molecular formula is C18H17F2N3OS. The van der Waals surface area contributed by atoms with E-state index in [1.54, 1.807) is 11.3 Å². The molecule has 1 amide bonds. The van der Waals surface area contributed by atoms with E-state index in [0.717, 1.165) is 35.9 Å². The quantitative estimate of drug-likeness (QED) is 0.837. The number of nitrogens with one attached hydrogen (secondary N) is 1. The summed E-state index contributed by atoms with van der Waals surface area (Å²) in [5, 5.41) is 3.79. The number of amides is 1. The van der Waals surface area contributed by atoms with Crippen LogP contribution in [0.4, 0.5) is 13.9 Å². The van der Waals surface area contributed by atoms with Gasteiger partial charge in [0, 0.05) is 36.0 Å². The molecule has 2 heterocycles. The third-order valence-corrected chi connectivity index (χ3v) is 5.19. The van der Waals surface area contributed by atoms with Crippen LogP contribution in [-0.4, -0.2) is 30.0 Å². The van der Waals surface area contributed by atoms with Gasteiger partial charge in [-0.3, -0.25) is 4.79 Å². The van der Waals surface area contributed by atoms with E-state index >= 15 is 0 Å². The van der Waals surface area contributed by atoms with E-state index in [4.69, 9.17) is 0 Å². The van der Waals surface area contributed by atoms with Crippen LogP contribution in [0.3, 0.4) is 0 Å². The fourth-order valence-corrected chi connectivity index (χ4v) is 3.52. The van der Waals surface area contributed by atoms with E-state index in [9.17, 15) is 13.6 Å². The second-order valence-corrected chi connectivity index (χ2v) is 7.10. The Labute approximate surface area is 148 Å². The number of benzene rings is 1. The van der Waals surface area contributed by atoms with Gasteiger partial charge in [0.25, 0.3) is 5.91 Å². The third-order valence-electron chi connectivity index (χ3n) is 4.05. The smallest absolute Gasteiger partial charge is 0.296 e. The fraction of sp³-hybridized carbons (Fsp3) is 0.333. The molecule has 1 unspecified atom stereocenters. The number of aromatic nitrogens is 1. The molecule has 1 aromatic carbocycles. The summed E-state index contributed by atoms with van der Waals surface area (Å²) < 4.78 is 26.3. The number of aryl methyl sites for hydroxylation is 2. The molecule has 1 aromatic heterocycles. The minimum absolute atomic E-state index is 0.00154. The molecule has 25 heavy (non-hydrogen) atoms. The number of carbonyl (C=O) groups excluding carboxylic acids is 1. The number of rotatable bonds is 2. The van der Waals surface area contributed by atoms with E-state index in [-0.39, 0.29) is 11.6 Å². The van der Waals surface area contributed by atoms with Crippen molar-refractivity contribution in [1.82, 2.24) is 10.3 Å². The first-order valence-corrected chi connectivity index (χ1v) is 8.70. The highest BCUT2D eigenvalue weighted by Gasteiger charge is 2.25. The summed E-state index contributed by atoms with van der Waals surface area (Å²) in [5.41, 5.74) is 1.03. The lowest BCUT2D eigenvalue weighted by Crippen LogP contribution is -2.36. The molecule has 1 aliphatic heterocycles. The van der Waals surface area contributed by atoms with E-state index in [1.807, 2.05) is 13.8 Å². The molecule has 0 bridgehead atoms. The monoisotopic (exact) mass is 361 g/mol. The van der Waals surface area contributed by atoms with Crippen molar-refractivity contribution in [1.29, 1.82) is 0 Å². The van der Waals surface area contributed by atoms with Gasteiger partial charge >= 0.3 is 0 Å². The molecular weight excluding hydrogens is 344 g/mol. The van der Waals surface area contributed by atoms with E-state index in [1.165, 1.54) is 10.9 Å². The molecule has 7 heteroatoms. The van der Waals surface area contributed by atoms with Crippen LogP contribution in [0.15, 0.2) is 18.2 Å². The predicted octanol–water partition coefficient (Wildman–Crippen LogP) is 2.78.